The highest BCUT2D eigenvalue weighted by molar-refractivity contribution is 5.45. The predicted octanol–water partition coefficient (Wildman–Crippen LogP) is 4.34. The number of aryl methyl sites for hydroxylation is 1. The molecule has 20 heavy (non-hydrogen) atoms. The number of nitrogens with zero attached hydrogens (tertiary/aromatic N) is 3. The lowest BCUT2D eigenvalue weighted by atomic mass is 9.91. The van der Waals surface area contributed by atoms with Crippen LogP contribution >= 0.6 is 0 Å². The molecular weight excluding hydrogens is 246 g/mol. The third kappa shape index (κ3) is 3.08. The highest BCUT2D eigenvalue weighted by Crippen LogP contribution is 2.24. The molecule has 104 valence electrons. The van der Waals surface area contributed by atoms with Crippen molar-refractivity contribution < 1.29 is 0 Å². The summed E-state index contributed by atoms with van der Waals surface area (Å²) in [5.41, 5.74) is 4.34. The molecule has 0 saturated heterocycles. The zero-order valence-electron chi connectivity index (χ0n) is 12.6. The highest BCUT2D eigenvalue weighted by atomic mass is 15.3. The minimum absolute atomic E-state index is 0.106. The van der Waals surface area contributed by atoms with E-state index < -0.39 is 0 Å². The van der Waals surface area contributed by atoms with Gasteiger partial charge in [0.15, 0.2) is 5.69 Å². The Morgan fingerprint density at radius 2 is 1.85 bits per heavy atom. The first kappa shape index (κ1) is 14.3. The van der Waals surface area contributed by atoms with E-state index in [0.717, 1.165) is 18.7 Å². The molecule has 0 N–H and O–H groups in total. The van der Waals surface area contributed by atoms with Gasteiger partial charge in [-0.05, 0) is 18.6 Å². The van der Waals surface area contributed by atoms with Gasteiger partial charge < -0.3 is 0 Å². The summed E-state index contributed by atoms with van der Waals surface area (Å²) >= 11 is 0. The third-order valence-corrected chi connectivity index (χ3v) is 3.35. The largest absolute Gasteiger partial charge is 0.269 e. The van der Waals surface area contributed by atoms with Gasteiger partial charge in [-0.25, -0.2) is 4.85 Å². The van der Waals surface area contributed by atoms with Crippen LogP contribution < -0.4 is 0 Å². The van der Waals surface area contributed by atoms with E-state index in [9.17, 15) is 0 Å². The second kappa shape index (κ2) is 5.50. The van der Waals surface area contributed by atoms with Crippen LogP contribution in [0.1, 0.15) is 44.6 Å². The SMILES string of the molecule is [C-]#[N+]c1ccc(Cc2cc(C(C)(C)C)n(CC)n2)cc1. The minimum Gasteiger partial charge on any atom is -0.269 e. The van der Waals surface area contributed by atoms with Crippen LogP contribution in [0.3, 0.4) is 0 Å². The topological polar surface area (TPSA) is 22.2 Å². The number of rotatable bonds is 3. The molecule has 0 saturated carbocycles. The molecule has 0 spiro atoms. The predicted molar refractivity (Wildman–Crippen MR) is 82.1 cm³/mol. The van der Waals surface area contributed by atoms with E-state index in [-0.39, 0.29) is 5.41 Å². The Morgan fingerprint density at radius 1 is 1.20 bits per heavy atom. The first-order valence-electron chi connectivity index (χ1n) is 6.97. The zero-order chi connectivity index (χ0) is 14.8. The Hall–Kier alpha value is -2.08. The van der Waals surface area contributed by atoms with Crippen LogP contribution in [-0.4, -0.2) is 9.78 Å². The third-order valence-electron chi connectivity index (χ3n) is 3.35. The maximum absolute atomic E-state index is 6.97. The van der Waals surface area contributed by atoms with E-state index in [2.05, 4.69) is 48.4 Å². The van der Waals surface area contributed by atoms with Gasteiger partial charge in [0.25, 0.3) is 0 Å². The van der Waals surface area contributed by atoms with Crippen molar-refractivity contribution in [1.29, 1.82) is 0 Å². The lowest BCUT2D eigenvalue weighted by Gasteiger charge is -2.19. The summed E-state index contributed by atoms with van der Waals surface area (Å²) in [7, 11) is 0. The minimum atomic E-state index is 0.106. The lowest BCUT2D eigenvalue weighted by Crippen LogP contribution is -2.17. The van der Waals surface area contributed by atoms with Crippen molar-refractivity contribution in [2.45, 2.75) is 46.1 Å². The molecule has 0 aliphatic heterocycles. The zero-order valence-corrected chi connectivity index (χ0v) is 12.6. The van der Waals surface area contributed by atoms with Gasteiger partial charge in [-0.15, -0.1) is 0 Å². The Balaban J connectivity index is 2.25. The Kier molecular flexibility index (Phi) is 3.94. The van der Waals surface area contributed by atoms with Gasteiger partial charge >= 0.3 is 0 Å². The summed E-state index contributed by atoms with van der Waals surface area (Å²) in [6, 6.07) is 9.95. The van der Waals surface area contributed by atoms with Crippen molar-refractivity contribution in [1.82, 2.24) is 9.78 Å². The highest BCUT2D eigenvalue weighted by Gasteiger charge is 2.20. The number of aromatic nitrogens is 2. The fraction of sp³-hybridized carbons (Fsp3) is 0.412. The fourth-order valence-corrected chi connectivity index (χ4v) is 2.30. The molecule has 3 nitrogen and oxygen atoms in total. The van der Waals surface area contributed by atoms with Crippen LogP contribution in [0.4, 0.5) is 5.69 Å². The van der Waals surface area contributed by atoms with Crippen LogP contribution in [0, 0.1) is 6.57 Å². The molecule has 1 aromatic heterocycles. The molecule has 2 rings (SSSR count). The van der Waals surface area contributed by atoms with E-state index in [1.54, 1.807) is 0 Å². The fourth-order valence-electron chi connectivity index (χ4n) is 2.30. The normalized spacial score (nSPS) is 11.3. The maximum atomic E-state index is 6.97. The van der Waals surface area contributed by atoms with Crippen molar-refractivity contribution >= 4 is 5.69 Å². The van der Waals surface area contributed by atoms with Gasteiger partial charge in [0.05, 0.1) is 12.3 Å². The molecule has 0 amide bonds. The van der Waals surface area contributed by atoms with Gasteiger partial charge in [-0.2, -0.15) is 5.10 Å². The molecule has 0 unspecified atom stereocenters. The monoisotopic (exact) mass is 267 g/mol. The van der Waals surface area contributed by atoms with Gasteiger partial charge in [0, 0.05) is 24.1 Å². The molecule has 0 radical (unpaired) electrons. The van der Waals surface area contributed by atoms with E-state index in [0.29, 0.717) is 5.69 Å². The van der Waals surface area contributed by atoms with Gasteiger partial charge in [0.1, 0.15) is 0 Å². The average molecular weight is 267 g/mol. The van der Waals surface area contributed by atoms with Gasteiger partial charge in [-0.1, -0.05) is 45.0 Å². The number of hydrogen-bond acceptors (Lipinski definition) is 1. The van der Waals surface area contributed by atoms with Crippen LogP contribution in [0.5, 0.6) is 0 Å². The van der Waals surface area contributed by atoms with Crippen molar-refractivity contribution in [2.24, 2.45) is 0 Å². The number of benzene rings is 1. The van der Waals surface area contributed by atoms with Crippen LogP contribution in [-0.2, 0) is 18.4 Å². The van der Waals surface area contributed by atoms with E-state index in [1.807, 2.05) is 24.3 Å². The van der Waals surface area contributed by atoms with E-state index in [1.165, 1.54) is 11.3 Å². The van der Waals surface area contributed by atoms with Crippen molar-refractivity contribution in [3.05, 3.63) is 58.7 Å². The molecule has 2 aromatic rings. The molecule has 3 heteroatoms. The van der Waals surface area contributed by atoms with Crippen molar-refractivity contribution in [2.75, 3.05) is 0 Å². The standard InChI is InChI=1S/C17H21N3/c1-6-20-16(17(2,3)4)12-15(19-20)11-13-7-9-14(18-5)10-8-13/h7-10,12H,6,11H2,1-4H3. The maximum Gasteiger partial charge on any atom is 0.187 e. The van der Waals surface area contributed by atoms with E-state index in [4.69, 9.17) is 6.57 Å². The molecule has 0 bridgehead atoms. The average Bonchev–Trinajstić information content (AvgIpc) is 2.83. The molecular formula is C17H21N3. The molecule has 0 fully saturated rings. The Bertz CT molecular complexity index is 622. The van der Waals surface area contributed by atoms with Crippen molar-refractivity contribution in [3.63, 3.8) is 0 Å². The summed E-state index contributed by atoms with van der Waals surface area (Å²) in [6.07, 6.45) is 0.814. The molecule has 0 aliphatic carbocycles. The molecule has 1 aromatic carbocycles. The summed E-state index contributed by atoms with van der Waals surface area (Å²) < 4.78 is 2.09. The second-order valence-electron chi connectivity index (χ2n) is 6.04. The van der Waals surface area contributed by atoms with Gasteiger partial charge in [-0.3, -0.25) is 4.68 Å². The van der Waals surface area contributed by atoms with Crippen LogP contribution in [0.25, 0.3) is 4.85 Å². The number of hydrogen-bond donors (Lipinski definition) is 0. The molecule has 1 heterocycles. The van der Waals surface area contributed by atoms with Gasteiger partial charge in [0.2, 0.25) is 0 Å². The molecule has 0 atom stereocenters. The summed E-state index contributed by atoms with van der Waals surface area (Å²) in [5.74, 6) is 0. The van der Waals surface area contributed by atoms with Crippen molar-refractivity contribution in [3.8, 4) is 0 Å². The quantitative estimate of drug-likeness (QED) is 0.758. The van der Waals surface area contributed by atoms with Crippen LogP contribution in [0.15, 0.2) is 30.3 Å². The second-order valence-corrected chi connectivity index (χ2v) is 6.04. The molecule has 0 aliphatic rings. The smallest absolute Gasteiger partial charge is 0.187 e. The lowest BCUT2D eigenvalue weighted by molar-refractivity contribution is 0.497. The Morgan fingerprint density at radius 3 is 2.30 bits per heavy atom. The summed E-state index contributed by atoms with van der Waals surface area (Å²) in [4.78, 5) is 3.41. The first-order valence-corrected chi connectivity index (χ1v) is 6.97. The van der Waals surface area contributed by atoms with Crippen LogP contribution in [0.2, 0.25) is 0 Å². The summed E-state index contributed by atoms with van der Waals surface area (Å²) in [6.45, 7) is 16.6. The summed E-state index contributed by atoms with van der Waals surface area (Å²) in [5, 5.41) is 4.69. The Labute approximate surface area is 121 Å². The van der Waals surface area contributed by atoms with E-state index >= 15 is 0 Å². The first-order chi connectivity index (χ1) is 9.44.